The van der Waals surface area contributed by atoms with E-state index in [0.29, 0.717) is 24.7 Å². The van der Waals surface area contributed by atoms with E-state index in [1.165, 1.54) is 42.5 Å². The van der Waals surface area contributed by atoms with Crippen molar-refractivity contribution in [2.24, 2.45) is 0 Å². The average molecular weight is 357 g/mol. The Balaban J connectivity index is 1.89. The summed E-state index contributed by atoms with van der Waals surface area (Å²) < 4.78 is 67.0. The number of rotatable bonds is 5. The fraction of sp³-hybridized carbons (Fsp3) is 0.200. The number of hydrogen-bond donors (Lipinski definition) is 1. The highest BCUT2D eigenvalue weighted by atomic mass is 32.2. The molecule has 1 aliphatic heterocycles. The number of hydrogen-bond acceptors (Lipinski definition) is 5. The minimum absolute atomic E-state index is 0.0846. The number of benzene rings is 2. The molecule has 0 spiro atoms. The molecule has 0 fully saturated rings. The van der Waals surface area contributed by atoms with Gasteiger partial charge in [0, 0.05) is 6.07 Å². The molecule has 1 heterocycles. The maximum Gasteiger partial charge on any atom is 0.387 e. The van der Waals surface area contributed by atoms with Gasteiger partial charge in [-0.3, -0.25) is 4.72 Å². The number of fused-ring (bicyclic) bond motifs is 1. The van der Waals surface area contributed by atoms with Crippen LogP contribution in [0.2, 0.25) is 0 Å². The molecule has 0 aromatic heterocycles. The molecule has 24 heavy (non-hydrogen) atoms. The van der Waals surface area contributed by atoms with Gasteiger partial charge >= 0.3 is 6.61 Å². The molecular weight excluding hydrogens is 344 g/mol. The van der Waals surface area contributed by atoms with E-state index in [-0.39, 0.29) is 16.3 Å². The first kappa shape index (κ1) is 16.3. The van der Waals surface area contributed by atoms with E-state index >= 15 is 0 Å². The van der Waals surface area contributed by atoms with Crippen molar-refractivity contribution in [3.05, 3.63) is 42.5 Å². The third kappa shape index (κ3) is 3.51. The molecule has 128 valence electrons. The van der Waals surface area contributed by atoms with Crippen molar-refractivity contribution in [3.8, 4) is 17.2 Å². The fourth-order valence-corrected chi connectivity index (χ4v) is 3.23. The molecule has 0 unspecified atom stereocenters. The lowest BCUT2D eigenvalue weighted by atomic mass is 10.3. The molecule has 0 aliphatic carbocycles. The minimum atomic E-state index is -4.02. The molecule has 2 aromatic rings. The first-order valence-electron chi connectivity index (χ1n) is 6.92. The van der Waals surface area contributed by atoms with Crippen LogP contribution in [0.1, 0.15) is 0 Å². The van der Waals surface area contributed by atoms with Crippen molar-refractivity contribution in [3.63, 3.8) is 0 Å². The van der Waals surface area contributed by atoms with Gasteiger partial charge in [0.1, 0.15) is 19.0 Å². The van der Waals surface area contributed by atoms with Gasteiger partial charge in [-0.05, 0) is 24.3 Å². The average Bonchev–Trinajstić information content (AvgIpc) is 2.55. The number of nitrogens with one attached hydrogen (secondary N) is 1. The Kier molecular flexibility index (Phi) is 4.43. The maximum atomic E-state index is 12.5. The second-order valence-electron chi connectivity index (χ2n) is 4.79. The van der Waals surface area contributed by atoms with Gasteiger partial charge in [0.25, 0.3) is 10.0 Å². The first-order valence-corrected chi connectivity index (χ1v) is 8.40. The Bertz CT molecular complexity index is 842. The van der Waals surface area contributed by atoms with Crippen LogP contribution in [0.15, 0.2) is 47.4 Å². The van der Waals surface area contributed by atoms with E-state index in [9.17, 15) is 17.2 Å². The van der Waals surface area contributed by atoms with Crippen LogP contribution in [0.5, 0.6) is 17.2 Å². The van der Waals surface area contributed by atoms with Gasteiger partial charge in [-0.15, -0.1) is 0 Å². The first-order chi connectivity index (χ1) is 11.5. The molecule has 3 rings (SSSR count). The van der Waals surface area contributed by atoms with Gasteiger partial charge in [-0.1, -0.05) is 12.1 Å². The van der Waals surface area contributed by atoms with Crippen molar-refractivity contribution in [1.29, 1.82) is 0 Å². The molecule has 9 heteroatoms. The Morgan fingerprint density at radius 1 is 1.04 bits per heavy atom. The van der Waals surface area contributed by atoms with E-state index in [0.717, 1.165) is 0 Å². The predicted molar refractivity (Wildman–Crippen MR) is 81.3 cm³/mol. The number of anilines is 1. The Labute approximate surface area is 137 Å². The standard InChI is InChI=1S/C15H13F2NO5S/c16-15(17)23-12-4-2-1-3-11(12)18-24(19,20)10-5-6-13-14(9-10)22-8-7-21-13/h1-6,9,15,18H,7-8H2. The molecule has 1 N–H and O–H groups in total. The summed E-state index contributed by atoms with van der Waals surface area (Å²) in [5.41, 5.74) is -0.0901. The molecule has 0 atom stereocenters. The number of halogens is 2. The van der Waals surface area contributed by atoms with Gasteiger partial charge in [0.15, 0.2) is 11.5 Å². The van der Waals surface area contributed by atoms with Gasteiger partial charge in [0.2, 0.25) is 0 Å². The summed E-state index contributed by atoms with van der Waals surface area (Å²) in [4.78, 5) is -0.0846. The Hall–Kier alpha value is -2.55. The molecule has 0 amide bonds. The predicted octanol–water partition coefficient (Wildman–Crippen LogP) is 2.86. The number of ether oxygens (including phenoxy) is 3. The van der Waals surface area contributed by atoms with Crippen LogP contribution in [-0.2, 0) is 10.0 Å². The summed E-state index contributed by atoms with van der Waals surface area (Å²) in [5.74, 6) is 0.483. The highest BCUT2D eigenvalue weighted by molar-refractivity contribution is 7.92. The summed E-state index contributed by atoms with van der Waals surface area (Å²) >= 11 is 0. The summed E-state index contributed by atoms with van der Waals surface area (Å²) in [6, 6.07) is 9.66. The van der Waals surface area contributed by atoms with Gasteiger partial charge < -0.3 is 14.2 Å². The smallest absolute Gasteiger partial charge is 0.387 e. The molecule has 2 aromatic carbocycles. The van der Waals surface area contributed by atoms with Crippen LogP contribution in [-0.4, -0.2) is 28.2 Å². The molecule has 0 bridgehead atoms. The van der Waals surface area contributed by atoms with Crippen LogP contribution >= 0.6 is 0 Å². The van der Waals surface area contributed by atoms with Crippen molar-refractivity contribution in [2.75, 3.05) is 17.9 Å². The fourth-order valence-electron chi connectivity index (χ4n) is 2.14. The van der Waals surface area contributed by atoms with Crippen LogP contribution in [0.25, 0.3) is 0 Å². The topological polar surface area (TPSA) is 73.9 Å². The van der Waals surface area contributed by atoms with Crippen molar-refractivity contribution in [2.45, 2.75) is 11.5 Å². The number of sulfonamides is 1. The van der Waals surface area contributed by atoms with Gasteiger partial charge in [-0.2, -0.15) is 8.78 Å². The second-order valence-corrected chi connectivity index (χ2v) is 6.47. The van der Waals surface area contributed by atoms with Crippen LogP contribution in [0.4, 0.5) is 14.5 Å². The van der Waals surface area contributed by atoms with Crippen LogP contribution in [0.3, 0.4) is 0 Å². The van der Waals surface area contributed by atoms with E-state index in [4.69, 9.17) is 9.47 Å². The summed E-state index contributed by atoms with van der Waals surface area (Å²) in [7, 11) is -4.02. The molecule has 6 nitrogen and oxygen atoms in total. The lowest BCUT2D eigenvalue weighted by molar-refractivity contribution is -0.0493. The monoisotopic (exact) mass is 357 g/mol. The highest BCUT2D eigenvalue weighted by Crippen LogP contribution is 2.34. The van der Waals surface area contributed by atoms with Crippen LogP contribution in [0, 0.1) is 0 Å². The van der Waals surface area contributed by atoms with E-state index in [2.05, 4.69) is 9.46 Å². The molecule has 0 radical (unpaired) electrons. The molecule has 0 saturated carbocycles. The second kappa shape index (κ2) is 6.52. The van der Waals surface area contributed by atoms with Crippen molar-refractivity contribution in [1.82, 2.24) is 0 Å². The van der Waals surface area contributed by atoms with Crippen LogP contribution < -0.4 is 18.9 Å². The Morgan fingerprint density at radius 3 is 2.50 bits per heavy atom. The molecule has 1 aliphatic rings. The number of alkyl halides is 2. The Morgan fingerprint density at radius 2 is 1.75 bits per heavy atom. The highest BCUT2D eigenvalue weighted by Gasteiger charge is 2.21. The zero-order valence-electron chi connectivity index (χ0n) is 12.2. The van der Waals surface area contributed by atoms with Gasteiger partial charge in [0.05, 0.1) is 10.6 Å². The SMILES string of the molecule is O=S(=O)(Nc1ccccc1OC(F)F)c1ccc2c(c1)OCCO2. The molecule has 0 saturated heterocycles. The lowest BCUT2D eigenvalue weighted by Gasteiger charge is -2.19. The summed E-state index contributed by atoms with van der Waals surface area (Å²) in [6.45, 7) is -2.37. The zero-order chi connectivity index (χ0) is 17.2. The zero-order valence-corrected chi connectivity index (χ0v) is 13.1. The van der Waals surface area contributed by atoms with E-state index < -0.39 is 16.6 Å². The third-order valence-corrected chi connectivity index (χ3v) is 4.53. The van der Waals surface area contributed by atoms with Gasteiger partial charge in [-0.25, -0.2) is 8.42 Å². The largest absolute Gasteiger partial charge is 0.486 e. The van der Waals surface area contributed by atoms with E-state index in [1.807, 2.05) is 0 Å². The number of para-hydroxylation sites is 2. The summed E-state index contributed by atoms with van der Waals surface area (Å²) in [6.07, 6.45) is 0. The summed E-state index contributed by atoms with van der Waals surface area (Å²) in [5, 5.41) is 0. The van der Waals surface area contributed by atoms with E-state index in [1.54, 1.807) is 0 Å². The lowest BCUT2D eigenvalue weighted by Crippen LogP contribution is -2.17. The maximum absolute atomic E-state index is 12.5. The minimum Gasteiger partial charge on any atom is -0.486 e. The van der Waals surface area contributed by atoms with Crippen molar-refractivity contribution >= 4 is 15.7 Å². The van der Waals surface area contributed by atoms with Crippen molar-refractivity contribution < 1.29 is 31.4 Å². The quantitative estimate of drug-likeness (QED) is 0.891. The normalized spacial score (nSPS) is 13.6. The third-order valence-electron chi connectivity index (χ3n) is 3.17. The molecular formula is C15H13F2NO5S.